The molecule has 11 heavy (non-hydrogen) atoms. The maximum absolute atomic E-state index is 9.81. The fraction of sp³-hybridized carbons (Fsp3) is 0. The maximum atomic E-state index is 9.81. The quantitative estimate of drug-likeness (QED) is 0.475. The molecule has 0 saturated heterocycles. The van der Waals surface area contributed by atoms with E-state index in [2.05, 4.69) is 6.92 Å². The van der Waals surface area contributed by atoms with Crippen LogP contribution in [0.2, 0.25) is 0 Å². The van der Waals surface area contributed by atoms with Crippen LogP contribution >= 0.6 is 12.4 Å². The van der Waals surface area contributed by atoms with E-state index in [1.807, 2.05) is 30.3 Å². The van der Waals surface area contributed by atoms with Crippen molar-refractivity contribution < 1.29 is 24.8 Å². The predicted molar refractivity (Wildman–Crippen MR) is 40.4 cm³/mol. The third kappa shape index (κ3) is 9.86. The summed E-state index contributed by atoms with van der Waals surface area (Å²) < 4.78 is 19.6. The van der Waals surface area contributed by atoms with E-state index in [1.54, 1.807) is 0 Å². The molecule has 0 aromatic heterocycles. The topological polar surface area (TPSA) is 0 Å². The summed E-state index contributed by atoms with van der Waals surface area (Å²) in [6, 6.07) is 9.87. The van der Waals surface area contributed by atoms with Crippen molar-refractivity contribution in [3.05, 3.63) is 42.8 Å². The zero-order valence-electron chi connectivity index (χ0n) is 5.97. The molecule has 0 spiro atoms. The molecule has 0 amide bonds. The van der Waals surface area contributed by atoms with Crippen molar-refractivity contribution in [1.29, 1.82) is 0 Å². The van der Waals surface area contributed by atoms with Crippen molar-refractivity contribution in [3.8, 4) is 0 Å². The van der Waals surface area contributed by atoms with Gasteiger partial charge < -0.3 is 0 Å². The molecule has 0 aliphatic carbocycles. The second-order valence-electron chi connectivity index (χ2n) is 1.59. The molecule has 0 aliphatic heterocycles. The first-order valence-corrected chi connectivity index (χ1v) is 5.04. The number of benzene rings is 1. The third-order valence-corrected chi connectivity index (χ3v) is 0.843. The van der Waals surface area contributed by atoms with Gasteiger partial charge >= 0.3 is 24.8 Å². The Morgan fingerprint density at radius 1 is 1.09 bits per heavy atom. The summed E-state index contributed by atoms with van der Waals surface area (Å²) in [7, 11) is 0. The minimum atomic E-state index is -2.88. The first-order valence-electron chi connectivity index (χ1n) is 2.80. The van der Waals surface area contributed by atoms with Crippen LogP contribution in [-0.4, -0.2) is 0 Å². The molecule has 0 atom stereocenters. The van der Waals surface area contributed by atoms with Crippen molar-refractivity contribution in [2.45, 2.75) is 0 Å². The minimum absolute atomic E-state index is 0. The normalized spacial score (nSPS) is 6.36. The van der Waals surface area contributed by atoms with E-state index in [0.717, 1.165) is 5.56 Å². The standard InChI is InChI=1S/C7H7.ClH.2FH.Zn/c1-7-5-3-2-4-6-7;;;;/h2-6H,1H2;3*1H;/q-1;;;;+2/p-2. The Kier molecular flexibility index (Phi) is 12.1. The molecule has 4 heteroatoms. The number of rotatable bonds is 0. The van der Waals surface area contributed by atoms with E-state index in [-0.39, 0.29) is 12.4 Å². The Bertz CT molecular complexity index is 158. The Morgan fingerprint density at radius 3 is 1.64 bits per heavy atom. The van der Waals surface area contributed by atoms with Crippen molar-refractivity contribution in [2.24, 2.45) is 0 Å². The van der Waals surface area contributed by atoms with Crippen LogP contribution in [0.5, 0.6) is 0 Å². The third-order valence-electron chi connectivity index (χ3n) is 0.843. The van der Waals surface area contributed by atoms with Crippen molar-refractivity contribution in [3.63, 3.8) is 0 Å². The van der Waals surface area contributed by atoms with Crippen LogP contribution in [0.15, 0.2) is 30.3 Å². The van der Waals surface area contributed by atoms with E-state index in [0.29, 0.717) is 0 Å². The van der Waals surface area contributed by atoms with Crippen molar-refractivity contribution >= 4 is 12.4 Å². The SMILES string of the molecule is Cl.[CH2-]c1ccccc1.[F][Zn][F]. The molecule has 0 aliphatic rings. The second-order valence-corrected chi connectivity index (χ2v) is 2.01. The summed E-state index contributed by atoms with van der Waals surface area (Å²) in [5.41, 5.74) is 1.07. The molecule has 0 N–H and O–H groups in total. The Balaban J connectivity index is 0. The average Bonchev–Trinajstić information content (AvgIpc) is 1.91. The predicted octanol–water partition coefficient (Wildman–Crippen LogP) is 3.13. The van der Waals surface area contributed by atoms with Crippen molar-refractivity contribution in [2.75, 3.05) is 0 Å². The van der Waals surface area contributed by atoms with E-state index in [9.17, 15) is 6.63 Å². The van der Waals surface area contributed by atoms with E-state index in [1.165, 1.54) is 0 Å². The first kappa shape index (κ1) is 13.5. The number of halogens is 3. The average molecular weight is 231 g/mol. The molecule has 1 aromatic rings. The summed E-state index contributed by atoms with van der Waals surface area (Å²) in [6.45, 7) is 3.72. The molecule has 0 fully saturated rings. The van der Waals surface area contributed by atoms with Gasteiger partial charge in [0.05, 0.1) is 0 Å². The molecule has 0 saturated carbocycles. The van der Waals surface area contributed by atoms with Gasteiger partial charge in [-0.05, 0) is 0 Å². The zero-order valence-corrected chi connectivity index (χ0v) is 9.75. The van der Waals surface area contributed by atoms with E-state index < -0.39 is 18.1 Å². The van der Waals surface area contributed by atoms with Crippen LogP contribution in [0.1, 0.15) is 5.56 Å². The van der Waals surface area contributed by atoms with Gasteiger partial charge in [-0.2, -0.15) is 24.6 Å². The van der Waals surface area contributed by atoms with Gasteiger partial charge in [-0.1, -0.05) is 6.07 Å². The molecule has 1 rings (SSSR count). The van der Waals surface area contributed by atoms with Crippen LogP contribution < -0.4 is 0 Å². The molecular formula is C7H8ClF2Zn-. The summed E-state index contributed by atoms with van der Waals surface area (Å²) in [6.07, 6.45) is 0. The van der Waals surface area contributed by atoms with Gasteiger partial charge in [0.2, 0.25) is 0 Å². The summed E-state index contributed by atoms with van der Waals surface area (Å²) in [5.74, 6) is 0. The molecular weight excluding hydrogens is 223 g/mol. The second kappa shape index (κ2) is 9.86. The Labute approximate surface area is 80.2 Å². The van der Waals surface area contributed by atoms with Gasteiger partial charge in [0, 0.05) is 0 Å². The van der Waals surface area contributed by atoms with Crippen LogP contribution in [-0.2, 0) is 18.1 Å². The van der Waals surface area contributed by atoms with Gasteiger partial charge in [0.15, 0.2) is 0 Å². The Hall–Kier alpha value is -0.137. The molecule has 60 valence electrons. The van der Waals surface area contributed by atoms with Gasteiger partial charge in [-0.15, -0.1) is 24.5 Å². The molecule has 1 aromatic carbocycles. The first-order chi connectivity index (χ1) is 4.81. The molecule has 0 heterocycles. The summed E-state index contributed by atoms with van der Waals surface area (Å²) in [4.78, 5) is 0. The van der Waals surface area contributed by atoms with E-state index >= 15 is 0 Å². The van der Waals surface area contributed by atoms with Crippen LogP contribution in [0.3, 0.4) is 0 Å². The van der Waals surface area contributed by atoms with E-state index in [4.69, 9.17) is 0 Å². The van der Waals surface area contributed by atoms with Crippen LogP contribution in [0, 0.1) is 6.92 Å². The number of hydrogen-bond acceptors (Lipinski definition) is 0. The molecule has 0 bridgehead atoms. The van der Waals surface area contributed by atoms with Crippen LogP contribution in [0.25, 0.3) is 0 Å². The molecule has 0 unspecified atom stereocenters. The van der Waals surface area contributed by atoms with Crippen molar-refractivity contribution in [1.82, 2.24) is 0 Å². The molecule has 0 nitrogen and oxygen atoms in total. The van der Waals surface area contributed by atoms with Gasteiger partial charge in [-0.25, -0.2) is 0 Å². The van der Waals surface area contributed by atoms with Gasteiger partial charge in [0.1, 0.15) is 0 Å². The summed E-state index contributed by atoms with van der Waals surface area (Å²) in [5, 5.41) is 0. The Morgan fingerprint density at radius 2 is 1.45 bits per heavy atom. The van der Waals surface area contributed by atoms with Gasteiger partial charge in [-0.3, -0.25) is 0 Å². The van der Waals surface area contributed by atoms with Crippen LogP contribution in [0.4, 0.5) is 6.63 Å². The molecule has 0 radical (unpaired) electrons. The number of hydrogen-bond donors (Lipinski definition) is 0. The monoisotopic (exact) mass is 229 g/mol. The fourth-order valence-electron chi connectivity index (χ4n) is 0.478. The van der Waals surface area contributed by atoms with Gasteiger partial charge in [0.25, 0.3) is 0 Å². The summed E-state index contributed by atoms with van der Waals surface area (Å²) >= 11 is -2.88. The zero-order chi connectivity index (χ0) is 7.82. The fourth-order valence-corrected chi connectivity index (χ4v) is 0.478.